The Morgan fingerprint density at radius 2 is 1.56 bits per heavy atom. The highest BCUT2D eigenvalue weighted by Gasteiger charge is 2.23. The standard InChI is InChI=1S/C33H34N2O4/c1-2-3-20-37-33(36)35-19-18-27-14-15-28(21-29(27)22-35)30-16-17-31(38-23-25-10-6-4-7-11-25)34-32(30)39-24-26-12-8-5-9-13-26/h4-17,21H,2-3,18-20,22-24H2,1H3. The largest absolute Gasteiger partial charge is 0.473 e. The van der Waals surface area contributed by atoms with Crippen LogP contribution < -0.4 is 9.47 Å². The van der Waals surface area contributed by atoms with Crippen LogP contribution in [-0.2, 0) is 30.9 Å². The molecule has 4 aromatic rings. The minimum atomic E-state index is -0.243. The van der Waals surface area contributed by atoms with Crippen molar-refractivity contribution in [3.8, 4) is 22.9 Å². The Morgan fingerprint density at radius 3 is 2.28 bits per heavy atom. The molecule has 0 N–H and O–H groups in total. The zero-order chi connectivity index (χ0) is 26.9. The number of rotatable bonds is 10. The lowest BCUT2D eigenvalue weighted by atomic mass is 9.95. The van der Waals surface area contributed by atoms with E-state index < -0.39 is 0 Å². The van der Waals surface area contributed by atoms with E-state index in [-0.39, 0.29) is 6.09 Å². The topological polar surface area (TPSA) is 60.9 Å². The third kappa shape index (κ3) is 6.96. The van der Waals surface area contributed by atoms with Crippen molar-refractivity contribution in [2.24, 2.45) is 0 Å². The molecule has 39 heavy (non-hydrogen) atoms. The molecule has 0 spiro atoms. The molecule has 0 saturated heterocycles. The van der Waals surface area contributed by atoms with Gasteiger partial charge in [0.25, 0.3) is 0 Å². The third-order valence-corrected chi connectivity index (χ3v) is 6.79. The Hall–Kier alpha value is -4.32. The van der Waals surface area contributed by atoms with E-state index in [0.29, 0.717) is 44.7 Å². The first kappa shape index (κ1) is 26.3. The van der Waals surface area contributed by atoms with Crippen molar-refractivity contribution in [3.63, 3.8) is 0 Å². The summed E-state index contributed by atoms with van der Waals surface area (Å²) in [5, 5.41) is 0. The molecule has 0 atom stereocenters. The second kappa shape index (κ2) is 13.0. The van der Waals surface area contributed by atoms with Gasteiger partial charge in [-0.05, 0) is 52.8 Å². The van der Waals surface area contributed by atoms with Crippen LogP contribution in [0.15, 0.2) is 91.0 Å². The Labute approximate surface area is 230 Å². The molecule has 0 bridgehead atoms. The number of carbonyl (C=O) groups excluding carboxylic acids is 1. The van der Waals surface area contributed by atoms with Crippen molar-refractivity contribution in [1.29, 1.82) is 0 Å². The molecule has 200 valence electrons. The molecular formula is C33H34N2O4. The fourth-order valence-corrected chi connectivity index (χ4v) is 4.57. The van der Waals surface area contributed by atoms with Crippen molar-refractivity contribution in [2.45, 2.75) is 45.9 Å². The Kier molecular flexibility index (Phi) is 8.74. The number of nitrogens with zero attached hydrogens (tertiary/aromatic N) is 2. The van der Waals surface area contributed by atoms with Crippen LogP contribution in [0.2, 0.25) is 0 Å². The lowest BCUT2D eigenvalue weighted by molar-refractivity contribution is 0.0966. The van der Waals surface area contributed by atoms with Crippen molar-refractivity contribution in [1.82, 2.24) is 9.88 Å². The summed E-state index contributed by atoms with van der Waals surface area (Å²) in [4.78, 5) is 19.1. The maximum Gasteiger partial charge on any atom is 0.410 e. The van der Waals surface area contributed by atoms with Gasteiger partial charge in [0, 0.05) is 24.7 Å². The molecule has 1 aliphatic rings. The normalized spacial score (nSPS) is 12.5. The first-order valence-electron chi connectivity index (χ1n) is 13.6. The number of hydrogen-bond acceptors (Lipinski definition) is 5. The van der Waals surface area contributed by atoms with Crippen LogP contribution in [0, 0.1) is 0 Å². The second-order valence-corrected chi connectivity index (χ2v) is 9.67. The van der Waals surface area contributed by atoms with E-state index in [0.717, 1.165) is 47.1 Å². The first-order valence-corrected chi connectivity index (χ1v) is 13.6. The molecule has 1 amide bonds. The number of hydrogen-bond donors (Lipinski definition) is 0. The molecule has 0 radical (unpaired) electrons. The number of carbonyl (C=O) groups is 1. The number of amides is 1. The number of benzene rings is 3. The zero-order valence-corrected chi connectivity index (χ0v) is 22.3. The number of pyridine rings is 1. The van der Waals surface area contributed by atoms with E-state index in [9.17, 15) is 4.79 Å². The molecule has 1 aromatic heterocycles. The Morgan fingerprint density at radius 1 is 0.846 bits per heavy atom. The summed E-state index contributed by atoms with van der Waals surface area (Å²) in [6.07, 6.45) is 2.44. The van der Waals surface area contributed by atoms with E-state index in [1.807, 2.05) is 72.8 Å². The molecule has 5 rings (SSSR count). The highest BCUT2D eigenvalue weighted by Crippen LogP contribution is 2.34. The quantitative estimate of drug-likeness (QED) is 0.206. The van der Waals surface area contributed by atoms with Crippen molar-refractivity contribution < 1.29 is 19.0 Å². The van der Waals surface area contributed by atoms with E-state index in [2.05, 4.69) is 25.1 Å². The van der Waals surface area contributed by atoms with Gasteiger partial charge in [0.1, 0.15) is 13.2 Å². The molecule has 0 fully saturated rings. The summed E-state index contributed by atoms with van der Waals surface area (Å²) < 4.78 is 17.7. The molecule has 0 saturated carbocycles. The van der Waals surface area contributed by atoms with Crippen LogP contribution in [-0.4, -0.2) is 29.1 Å². The van der Waals surface area contributed by atoms with Crippen LogP contribution >= 0.6 is 0 Å². The van der Waals surface area contributed by atoms with Gasteiger partial charge in [-0.3, -0.25) is 0 Å². The third-order valence-electron chi connectivity index (χ3n) is 6.79. The lowest BCUT2D eigenvalue weighted by Gasteiger charge is -2.28. The molecule has 6 nitrogen and oxygen atoms in total. The fourth-order valence-electron chi connectivity index (χ4n) is 4.57. The summed E-state index contributed by atoms with van der Waals surface area (Å²) in [6.45, 7) is 4.56. The Bertz CT molecular complexity index is 1380. The minimum absolute atomic E-state index is 0.243. The van der Waals surface area contributed by atoms with Crippen molar-refractivity contribution in [3.05, 3.63) is 113 Å². The molecule has 6 heteroatoms. The average molecular weight is 523 g/mol. The van der Waals surface area contributed by atoms with Gasteiger partial charge in [-0.15, -0.1) is 0 Å². The lowest BCUT2D eigenvalue weighted by Crippen LogP contribution is -2.36. The first-order chi connectivity index (χ1) is 19.2. The molecule has 2 heterocycles. The van der Waals surface area contributed by atoms with E-state index in [4.69, 9.17) is 19.2 Å². The van der Waals surface area contributed by atoms with Gasteiger partial charge in [-0.25, -0.2) is 4.79 Å². The summed E-state index contributed by atoms with van der Waals surface area (Å²) in [5.74, 6) is 1.01. The number of ether oxygens (including phenoxy) is 3. The van der Waals surface area contributed by atoms with Crippen molar-refractivity contribution in [2.75, 3.05) is 13.2 Å². The monoisotopic (exact) mass is 522 g/mol. The van der Waals surface area contributed by atoms with Gasteiger partial charge >= 0.3 is 6.09 Å². The van der Waals surface area contributed by atoms with Gasteiger partial charge in [-0.1, -0.05) is 86.1 Å². The highest BCUT2D eigenvalue weighted by atomic mass is 16.6. The predicted molar refractivity (Wildman–Crippen MR) is 152 cm³/mol. The minimum Gasteiger partial charge on any atom is -0.473 e. The van der Waals surface area contributed by atoms with Gasteiger partial charge in [0.2, 0.25) is 11.8 Å². The van der Waals surface area contributed by atoms with Crippen molar-refractivity contribution >= 4 is 6.09 Å². The maximum absolute atomic E-state index is 12.6. The molecule has 0 aliphatic carbocycles. The van der Waals surface area contributed by atoms with Crippen LogP contribution in [0.25, 0.3) is 11.1 Å². The van der Waals surface area contributed by atoms with Crippen LogP contribution in [0.1, 0.15) is 42.0 Å². The number of fused-ring (bicyclic) bond motifs is 1. The number of unbranched alkanes of at least 4 members (excludes halogenated alkanes) is 1. The predicted octanol–water partition coefficient (Wildman–Crippen LogP) is 7.20. The number of aromatic nitrogens is 1. The smallest absolute Gasteiger partial charge is 0.410 e. The average Bonchev–Trinajstić information content (AvgIpc) is 2.99. The summed E-state index contributed by atoms with van der Waals surface area (Å²) in [6, 6.07) is 30.3. The van der Waals surface area contributed by atoms with E-state index in [1.54, 1.807) is 4.90 Å². The Balaban J connectivity index is 1.37. The molecule has 3 aromatic carbocycles. The molecular weight excluding hydrogens is 488 g/mol. The zero-order valence-electron chi connectivity index (χ0n) is 22.3. The molecule has 1 aliphatic heterocycles. The fraction of sp³-hybridized carbons (Fsp3) is 0.273. The summed E-state index contributed by atoms with van der Waals surface area (Å²) >= 11 is 0. The van der Waals surface area contributed by atoms with E-state index in [1.165, 1.54) is 5.56 Å². The van der Waals surface area contributed by atoms with E-state index >= 15 is 0 Å². The summed E-state index contributed by atoms with van der Waals surface area (Å²) in [5.41, 5.74) is 6.36. The van der Waals surface area contributed by atoms with Gasteiger partial charge < -0.3 is 19.1 Å². The second-order valence-electron chi connectivity index (χ2n) is 9.67. The molecule has 0 unspecified atom stereocenters. The van der Waals surface area contributed by atoms with Crippen LogP contribution in [0.3, 0.4) is 0 Å². The van der Waals surface area contributed by atoms with Gasteiger partial charge in [0.15, 0.2) is 0 Å². The highest BCUT2D eigenvalue weighted by molar-refractivity contribution is 5.72. The van der Waals surface area contributed by atoms with Gasteiger partial charge in [0.05, 0.1) is 6.61 Å². The summed E-state index contributed by atoms with van der Waals surface area (Å²) in [7, 11) is 0. The SMILES string of the molecule is CCCCOC(=O)N1CCc2ccc(-c3ccc(OCc4ccccc4)nc3OCc3ccccc3)cc2C1. The van der Waals surface area contributed by atoms with Gasteiger partial charge in [-0.2, -0.15) is 4.98 Å². The van der Waals surface area contributed by atoms with Crippen LogP contribution in [0.4, 0.5) is 4.79 Å². The maximum atomic E-state index is 12.6. The van der Waals surface area contributed by atoms with Crippen LogP contribution in [0.5, 0.6) is 11.8 Å².